The van der Waals surface area contributed by atoms with Crippen LogP contribution in [-0.2, 0) is 20.1 Å². The predicted molar refractivity (Wildman–Crippen MR) is 67.6 cm³/mol. The van der Waals surface area contributed by atoms with Gasteiger partial charge < -0.3 is 10.1 Å². The van der Waals surface area contributed by atoms with E-state index in [4.69, 9.17) is 0 Å². The molecule has 1 aromatic rings. The lowest BCUT2D eigenvalue weighted by atomic mass is 10.2. The molecule has 92 valence electrons. The number of esters is 1. The number of benzene rings is 1. The molecule has 1 atom stereocenters. The third kappa shape index (κ3) is 5.01. The largest absolute Gasteiger partial charge is 0.394 e. The first-order chi connectivity index (χ1) is 8.27. The lowest BCUT2D eigenvalue weighted by Gasteiger charge is -2.12. The van der Waals surface area contributed by atoms with Gasteiger partial charge in [0, 0.05) is 11.5 Å². The molecule has 0 aliphatic rings. The molecule has 1 rings (SSSR count). The zero-order chi connectivity index (χ0) is 12.5. The number of carbonyl (C=O) groups excluding carboxylic acids is 2. The minimum Gasteiger partial charge on any atom is -0.394 e. The van der Waals surface area contributed by atoms with E-state index < -0.39 is 12.0 Å². The minimum atomic E-state index is -0.539. The van der Waals surface area contributed by atoms with Gasteiger partial charge in [-0.05, 0) is 12.6 Å². The van der Waals surface area contributed by atoms with Crippen molar-refractivity contribution in [3.8, 4) is 0 Å². The quantitative estimate of drug-likeness (QED) is 0.449. The van der Waals surface area contributed by atoms with Crippen molar-refractivity contribution in [1.82, 2.24) is 5.32 Å². The molecule has 0 fully saturated rings. The molecule has 0 saturated heterocycles. The van der Waals surface area contributed by atoms with Crippen LogP contribution in [0, 0.1) is 0 Å². The van der Waals surface area contributed by atoms with Crippen molar-refractivity contribution >= 4 is 24.2 Å². The Bertz CT molecular complexity index is 356. The van der Waals surface area contributed by atoms with Crippen LogP contribution < -0.4 is 5.32 Å². The first-order valence-corrected chi connectivity index (χ1v) is 6.36. The van der Waals surface area contributed by atoms with Crippen molar-refractivity contribution in [2.45, 2.75) is 11.8 Å². The zero-order valence-corrected chi connectivity index (χ0v) is 10.4. The van der Waals surface area contributed by atoms with Crippen molar-refractivity contribution in [3.63, 3.8) is 0 Å². The van der Waals surface area contributed by atoms with E-state index in [1.807, 2.05) is 30.3 Å². The fraction of sp³-hybridized carbons (Fsp3) is 0.333. The van der Waals surface area contributed by atoms with E-state index in [2.05, 4.69) is 10.1 Å². The average Bonchev–Trinajstić information content (AvgIpc) is 2.36. The topological polar surface area (TPSA) is 55.4 Å². The molecule has 1 unspecified atom stereocenters. The standard InChI is InChI=1S/C12H15NO3S/c1-13-11(12(15)16-9-14)8-17-7-10-5-3-2-4-6-10/h2-6,9,11,13H,7-8H2,1H3. The summed E-state index contributed by atoms with van der Waals surface area (Å²) in [5.41, 5.74) is 1.20. The van der Waals surface area contributed by atoms with Crippen LogP contribution in [0.3, 0.4) is 0 Å². The number of ether oxygens (including phenoxy) is 1. The summed E-state index contributed by atoms with van der Waals surface area (Å²) in [7, 11) is 1.67. The highest BCUT2D eigenvalue weighted by molar-refractivity contribution is 7.98. The summed E-state index contributed by atoms with van der Waals surface area (Å²) in [6.07, 6.45) is 0. The number of hydrogen-bond donors (Lipinski definition) is 1. The van der Waals surface area contributed by atoms with E-state index in [-0.39, 0.29) is 6.47 Å². The molecule has 0 aromatic heterocycles. The van der Waals surface area contributed by atoms with Crippen molar-refractivity contribution in [1.29, 1.82) is 0 Å². The Hall–Kier alpha value is -1.33. The fourth-order valence-corrected chi connectivity index (χ4v) is 2.35. The number of likely N-dealkylation sites (N-methyl/N-ethyl adjacent to an activating group) is 1. The predicted octanol–water partition coefficient (Wildman–Crippen LogP) is 1.21. The molecular weight excluding hydrogens is 238 g/mol. The Kier molecular flexibility index (Phi) is 6.35. The van der Waals surface area contributed by atoms with E-state index >= 15 is 0 Å². The number of nitrogens with one attached hydrogen (secondary N) is 1. The Balaban J connectivity index is 2.33. The molecule has 1 N–H and O–H groups in total. The maximum atomic E-state index is 11.3. The molecule has 0 heterocycles. The summed E-state index contributed by atoms with van der Waals surface area (Å²) in [5, 5.41) is 2.82. The van der Waals surface area contributed by atoms with E-state index in [1.165, 1.54) is 5.56 Å². The summed E-state index contributed by atoms with van der Waals surface area (Å²) >= 11 is 1.61. The van der Waals surface area contributed by atoms with Crippen molar-refractivity contribution in [3.05, 3.63) is 35.9 Å². The van der Waals surface area contributed by atoms with Crippen LogP contribution >= 0.6 is 11.8 Å². The van der Waals surface area contributed by atoms with Gasteiger partial charge in [-0.2, -0.15) is 11.8 Å². The molecule has 1 aromatic carbocycles. The maximum absolute atomic E-state index is 11.3. The van der Waals surface area contributed by atoms with Crippen LogP contribution in [0.4, 0.5) is 0 Å². The first kappa shape index (κ1) is 13.7. The molecule has 17 heavy (non-hydrogen) atoms. The zero-order valence-electron chi connectivity index (χ0n) is 9.59. The van der Waals surface area contributed by atoms with Gasteiger partial charge in [0.1, 0.15) is 6.04 Å². The SMILES string of the molecule is CNC(CSCc1ccccc1)C(=O)OC=O. The van der Waals surface area contributed by atoms with Crippen molar-refractivity contribution < 1.29 is 14.3 Å². The van der Waals surface area contributed by atoms with E-state index in [1.54, 1.807) is 18.8 Å². The molecule has 5 heteroatoms. The molecule has 0 spiro atoms. The van der Waals surface area contributed by atoms with Crippen LogP contribution in [0.2, 0.25) is 0 Å². The van der Waals surface area contributed by atoms with Crippen LogP contribution in [0.25, 0.3) is 0 Å². The molecule has 0 aliphatic carbocycles. The Morgan fingerprint density at radius 3 is 2.76 bits per heavy atom. The van der Waals surface area contributed by atoms with Crippen LogP contribution in [0.1, 0.15) is 5.56 Å². The molecule has 4 nitrogen and oxygen atoms in total. The lowest BCUT2D eigenvalue weighted by molar-refractivity contribution is -0.152. The molecule has 0 bridgehead atoms. The summed E-state index contributed by atoms with van der Waals surface area (Å²) in [4.78, 5) is 21.3. The van der Waals surface area contributed by atoms with Gasteiger partial charge in [0.05, 0.1) is 0 Å². The highest BCUT2D eigenvalue weighted by Crippen LogP contribution is 2.13. The lowest BCUT2D eigenvalue weighted by Crippen LogP contribution is -2.37. The smallest absolute Gasteiger partial charge is 0.331 e. The fourth-order valence-electron chi connectivity index (χ4n) is 1.27. The van der Waals surface area contributed by atoms with Gasteiger partial charge >= 0.3 is 12.4 Å². The summed E-state index contributed by atoms with van der Waals surface area (Å²) in [6.45, 7) is 0.161. The van der Waals surface area contributed by atoms with Gasteiger partial charge in [0.2, 0.25) is 0 Å². The second-order valence-electron chi connectivity index (χ2n) is 3.38. The molecule has 0 amide bonds. The first-order valence-electron chi connectivity index (χ1n) is 5.21. The van der Waals surface area contributed by atoms with Crippen LogP contribution in [0.5, 0.6) is 0 Å². The number of carbonyl (C=O) groups is 2. The molecular formula is C12H15NO3S. The molecule has 0 aliphatic heterocycles. The van der Waals surface area contributed by atoms with Gasteiger partial charge in [-0.3, -0.25) is 4.79 Å². The monoisotopic (exact) mass is 253 g/mol. The maximum Gasteiger partial charge on any atom is 0.331 e. The Labute approximate surface area is 105 Å². The van der Waals surface area contributed by atoms with Crippen LogP contribution in [-0.4, -0.2) is 31.3 Å². The third-order valence-electron chi connectivity index (χ3n) is 2.19. The third-order valence-corrected chi connectivity index (χ3v) is 3.30. The van der Waals surface area contributed by atoms with Crippen molar-refractivity contribution in [2.24, 2.45) is 0 Å². The van der Waals surface area contributed by atoms with Crippen molar-refractivity contribution in [2.75, 3.05) is 12.8 Å². The van der Waals surface area contributed by atoms with Crippen LogP contribution in [0.15, 0.2) is 30.3 Å². The highest BCUT2D eigenvalue weighted by Gasteiger charge is 2.17. The summed E-state index contributed by atoms with van der Waals surface area (Å²) < 4.78 is 4.30. The molecule has 0 saturated carbocycles. The number of rotatable bonds is 7. The minimum absolute atomic E-state index is 0.161. The van der Waals surface area contributed by atoms with E-state index in [0.717, 1.165) is 5.75 Å². The summed E-state index contributed by atoms with van der Waals surface area (Å²) in [5.74, 6) is 0.855. The van der Waals surface area contributed by atoms with Gasteiger partial charge in [-0.25, -0.2) is 4.79 Å². The number of hydrogen-bond acceptors (Lipinski definition) is 5. The Morgan fingerprint density at radius 1 is 1.47 bits per heavy atom. The summed E-state index contributed by atoms with van der Waals surface area (Å²) in [6, 6.07) is 9.54. The van der Waals surface area contributed by atoms with E-state index in [9.17, 15) is 9.59 Å². The molecule has 0 radical (unpaired) electrons. The average molecular weight is 253 g/mol. The second-order valence-corrected chi connectivity index (χ2v) is 4.41. The Morgan fingerprint density at radius 2 is 2.18 bits per heavy atom. The second kappa shape index (κ2) is 7.86. The van der Waals surface area contributed by atoms with Gasteiger partial charge in [-0.15, -0.1) is 0 Å². The van der Waals surface area contributed by atoms with E-state index in [0.29, 0.717) is 5.75 Å². The van der Waals surface area contributed by atoms with Gasteiger partial charge in [0.15, 0.2) is 0 Å². The normalized spacial score (nSPS) is 11.8. The highest BCUT2D eigenvalue weighted by atomic mass is 32.2. The van der Waals surface area contributed by atoms with Gasteiger partial charge in [0.25, 0.3) is 0 Å². The van der Waals surface area contributed by atoms with Gasteiger partial charge in [-0.1, -0.05) is 30.3 Å². The number of thioether (sulfide) groups is 1.